The largest absolute Gasteiger partial charge is 0.392 e. The predicted octanol–water partition coefficient (Wildman–Crippen LogP) is 5.04. The zero-order valence-corrected chi connectivity index (χ0v) is 10.2. The van der Waals surface area contributed by atoms with Crippen molar-refractivity contribution in [2.45, 2.75) is 59.6 Å². The zero-order chi connectivity index (χ0) is 12.1. The van der Waals surface area contributed by atoms with E-state index in [0.29, 0.717) is 12.3 Å². The Morgan fingerprint density at radius 3 is 1.67 bits per heavy atom. The third kappa shape index (κ3) is 6.80. The van der Waals surface area contributed by atoms with Crippen molar-refractivity contribution >= 4 is 0 Å². The molecule has 1 atom stereocenters. The summed E-state index contributed by atoms with van der Waals surface area (Å²) in [4.78, 5) is 0. The lowest BCUT2D eigenvalue weighted by molar-refractivity contribution is -0.187. The number of hydrogen-bond acceptors (Lipinski definition) is 0. The third-order valence-electron chi connectivity index (χ3n) is 2.77. The molecule has 92 valence electrons. The van der Waals surface area contributed by atoms with Gasteiger partial charge >= 0.3 is 6.18 Å². The highest BCUT2D eigenvalue weighted by Gasteiger charge is 2.40. The SMILES string of the molecule is CC(C)CCCC[C@H](C(C)C)C(F)(F)F. The van der Waals surface area contributed by atoms with Crippen molar-refractivity contribution < 1.29 is 13.2 Å². The van der Waals surface area contributed by atoms with Crippen LogP contribution in [0.15, 0.2) is 0 Å². The Balaban J connectivity index is 3.89. The fourth-order valence-corrected chi connectivity index (χ4v) is 1.79. The first-order chi connectivity index (χ1) is 6.75. The molecular weight excluding hydrogens is 201 g/mol. The topological polar surface area (TPSA) is 0 Å². The van der Waals surface area contributed by atoms with Gasteiger partial charge in [-0.1, -0.05) is 47.0 Å². The summed E-state index contributed by atoms with van der Waals surface area (Å²) < 4.78 is 37.7. The molecule has 0 aliphatic carbocycles. The van der Waals surface area contributed by atoms with Crippen LogP contribution in [0.4, 0.5) is 13.2 Å². The molecule has 0 aromatic heterocycles. The highest BCUT2D eigenvalue weighted by molar-refractivity contribution is 4.71. The lowest BCUT2D eigenvalue weighted by atomic mass is 9.89. The van der Waals surface area contributed by atoms with Crippen molar-refractivity contribution in [2.75, 3.05) is 0 Å². The first-order valence-electron chi connectivity index (χ1n) is 5.81. The normalized spacial score (nSPS) is 15.0. The minimum atomic E-state index is -4.02. The van der Waals surface area contributed by atoms with Crippen LogP contribution in [-0.2, 0) is 0 Å². The zero-order valence-electron chi connectivity index (χ0n) is 10.2. The molecule has 0 fully saturated rings. The van der Waals surface area contributed by atoms with Crippen LogP contribution < -0.4 is 0 Å². The summed E-state index contributed by atoms with van der Waals surface area (Å²) in [5.74, 6) is -0.831. The van der Waals surface area contributed by atoms with Gasteiger partial charge in [0.1, 0.15) is 0 Å². The Bertz CT molecular complexity index is 159. The molecular formula is C12H23F3. The number of halogens is 3. The summed E-state index contributed by atoms with van der Waals surface area (Å²) in [6.07, 6.45) is -1.10. The second-order valence-electron chi connectivity index (χ2n) is 5.07. The van der Waals surface area contributed by atoms with E-state index in [1.54, 1.807) is 13.8 Å². The van der Waals surface area contributed by atoms with Gasteiger partial charge in [0.05, 0.1) is 5.92 Å². The van der Waals surface area contributed by atoms with Gasteiger partial charge in [-0.25, -0.2) is 0 Å². The highest BCUT2D eigenvalue weighted by Crippen LogP contribution is 2.35. The van der Waals surface area contributed by atoms with Crippen LogP contribution in [0.1, 0.15) is 53.4 Å². The fraction of sp³-hybridized carbons (Fsp3) is 1.00. The Hall–Kier alpha value is -0.210. The predicted molar refractivity (Wildman–Crippen MR) is 57.7 cm³/mol. The highest BCUT2D eigenvalue weighted by atomic mass is 19.4. The molecule has 0 aliphatic rings. The van der Waals surface area contributed by atoms with Crippen molar-refractivity contribution in [1.29, 1.82) is 0 Å². The number of unbranched alkanes of at least 4 members (excludes halogenated alkanes) is 1. The van der Waals surface area contributed by atoms with E-state index in [4.69, 9.17) is 0 Å². The Labute approximate surface area is 91.3 Å². The number of hydrogen-bond donors (Lipinski definition) is 0. The average molecular weight is 224 g/mol. The second kappa shape index (κ2) is 6.39. The lowest BCUT2D eigenvalue weighted by Gasteiger charge is -2.23. The van der Waals surface area contributed by atoms with E-state index in [1.165, 1.54) is 0 Å². The molecule has 15 heavy (non-hydrogen) atoms. The van der Waals surface area contributed by atoms with Gasteiger partial charge in [-0.3, -0.25) is 0 Å². The Kier molecular flexibility index (Phi) is 6.30. The molecule has 0 spiro atoms. The molecule has 0 rings (SSSR count). The van der Waals surface area contributed by atoms with Gasteiger partial charge in [0.25, 0.3) is 0 Å². The fourth-order valence-electron chi connectivity index (χ4n) is 1.79. The van der Waals surface area contributed by atoms with E-state index >= 15 is 0 Å². The minimum absolute atomic E-state index is 0.286. The molecule has 0 unspecified atom stereocenters. The van der Waals surface area contributed by atoms with E-state index in [0.717, 1.165) is 12.8 Å². The van der Waals surface area contributed by atoms with Gasteiger partial charge in [0.15, 0.2) is 0 Å². The third-order valence-corrected chi connectivity index (χ3v) is 2.77. The number of alkyl halides is 3. The quantitative estimate of drug-likeness (QED) is 0.554. The standard InChI is InChI=1S/C12H23F3/c1-9(2)7-5-6-8-11(10(3)4)12(13,14)15/h9-11H,5-8H2,1-4H3/t11-/m1/s1. The van der Waals surface area contributed by atoms with Gasteiger partial charge in [-0.15, -0.1) is 0 Å². The van der Waals surface area contributed by atoms with Crippen LogP contribution in [0, 0.1) is 17.8 Å². The second-order valence-corrected chi connectivity index (χ2v) is 5.07. The van der Waals surface area contributed by atoms with Crippen molar-refractivity contribution in [3.63, 3.8) is 0 Å². The molecule has 0 heterocycles. The van der Waals surface area contributed by atoms with E-state index in [2.05, 4.69) is 13.8 Å². The van der Waals surface area contributed by atoms with E-state index in [1.807, 2.05) is 0 Å². The van der Waals surface area contributed by atoms with E-state index in [-0.39, 0.29) is 12.3 Å². The molecule has 0 aliphatic heterocycles. The van der Waals surface area contributed by atoms with Crippen LogP contribution in [0.3, 0.4) is 0 Å². The first kappa shape index (κ1) is 14.8. The molecule has 0 nitrogen and oxygen atoms in total. The van der Waals surface area contributed by atoms with Crippen LogP contribution in [-0.4, -0.2) is 6.18 Å². The monoisotopic (exact) mass is 224 g/mol. The van der Waals surface area contributed by atoms with Gasteiger partial charge in [-0.05, 0) is 18.3 Å². The van der Waals surface area contributed by atoms with Crippen molar-refractivity contribution in [3.05, 3.63) is 0 Å². The van der Waals surface area contributed by atoms with Crippen LogP contribution >= 0.6 is 0 Å². The first-order valence-corrected chi connectivity index (χ1v) is 5.81. The molecule has 0 aromatic rings. The van der Waals surface area contributed by atoms with Crippen LogP contribution in [0.2, 0.25) is 0 Å². The van der Waals surface area contributed by atoms with Crippen LogP contribution in [0.5, 0.6) is 0 Å². The summed E-state index contributed by atoms with van der Waals surface area (Å²) in [7, 11) is 0. The van der Waals surface area contributed by atoms with E-state index in [9.17, 15) is 13.2 Å². The van der Waals surface area contributed by atoms with Gasteiger partial charge < -0.3 is 0 Å². The summed E-state index contributed by atoms with van der Waals surface area (Å²) >= 11 is 0. The maximum Gasteiger partial charge on any atom is 0.392 e. The molecule has 0 amide bonds. The van der Waals surface area contributed by atoms with Gasteiger partial charge in [0.2, 0.25) is 0 Å². The van der Waals surface area contributed by atoms with Crippen molar-refractivity contribution in [1.82, 2.24) is 0 Å². The minimum Gasteiger partial charge on any atom is -0.171 e. The molecule has 3 heteroatoms. The summed E-state index contributed by atoms with van der Waals surface area (Å²) in [6.45, 7) is 7.51. The maximum absolute atomic E-state index is 12.6. The van der Waals surface area contributed by atoms with Crippen molar-refractivity contribution in [2.24, 2.45) is 17.8 Å². The molecule has 0 saturated carbocycles. The number of rotatable bonds is 6. The average Bonchev–Trinajstić information content (AvgIpc) is 1.99. The summed E-state index contributed by atoms with van der Waals surface area (Å²) in [5, 5.41) is 0. The smallest absolute Gasteiger partial charge is 0.171 e. The van der Waals surface area contributed by atoms with Gasteiger partial charge in [-0.2, -0.15) is 13.2 Å². The molecule has 0 saturated heterocycles. The van der Waals surface area contributed by atoms with Crippen molar-refractivity contribution in [3.8, 4) is 0 Å². The Morgan fingerprint density at radius 2 is 1.33 bits per heavy atom. The summed E-state index contributed by atoms with van der Waals surface area (Å²) in [5.41, 5.74) is 0. The van der Waals surface area contributed by atoms with Gasteiger partial charge in [0, 0.05) is 0 Å². The molecule has 0 radical (unpaired) electrons. The maximum atomic E-state index is 12.6. The molecule has 0 N–H and O–H groups in total. The molecule has 0 bridgehead atoms. The summed E-state index contributed by atoms with van der Waals surface area (Å²) in [6, 6.07) is 0. The van der Waals surface area contributed by atoms with Crippen LogP contribution in [0.25, 0.3) is 0 Å². The Morgan fingerprint density at radius 1 is 0.867 bits per heavy atom. The molecule has 0 aromatic carbocycles. The lowest BCUT2D eigenvalue weighted by Crippen LogP contribution is -2.27. The van der Waals surface area contributed by atoms with E-state index < -0.39 is 12.1 Å².